The van der Waals surface area contributed by atoms with Crippen LogP contribution in [-0.4, -0.2) is 61.3 Å². The summed E-state index contributed by atoms with van der Waals surface area (Å²) in [6.07, 6.45) is 7.21. The monoisotopic (exact) mass is 450 g/mol. The molecule has 2 saturated heterocycles. The largest absolute Gasteiger partial charge is 0.342 e. The second-order valence-electron chi connectivity index (χ2n) is 11.3. The molecule has 0 aromatic rings. The van der Waals surface area contributed by atoms with E-state index >= 15 is 0 Å². The van der Waals surface area contributed by atoms with Gasteiger partial charge in [0.2, 0.25) is 5.91 Å². The van der Waals surface area contributed by atoms with Gasteiger partial charge < -0.3 is 20.9 Å². The molecule has 4 aliphatic rings. The topological polar surface area (TPSA) is 73.5 Å². The highest BCUT2D eigenvalue weighted by atomic mass is 19.1. The molecule has 2 heterocycles. The number of hydrogen-bond acceptors (Lipinski definition) is 3. The van der Waals surface area contributed by atoms with Crippen LogP contribution in [0.25, 0.3) is 0 Å². The van der Waals surface area contributed by atoms with Crippen LogP contribution in [-0.2, 0) is 4.79 Å². The van der Waals surface area contributed by atoms with Crippen LogP contribution in [0.1, 0.15) is 71.6 Å². The summed E-state index contributed by atoms with van der Waals surface area (Å²) in [5, 5.41) is 9.81. The summed E-state index contributed by atoms with van der Waals surface area (Å²) < 4.78 is 13.3. The zero-order chi connectivity index (χ0) is 22.8. The van der Waals surface area contributed by atoms with Gasteiger partial charge in [0.1, 0.15) is 6.17 Å². The number of nitrogens with zero attached hydrogens (tertiary/aromatic N) is 1. The number of piperidine rings is 2. The number of halogens is 1. The third-order valence-electron chi connectivity index (χ3n) is 9.02. The summed E-state index contributed by atoms with van der Waals surface area (Å²) >= 11 is 0. The number of likely N-dealkylation sites (tertiary alicyclic amines) is 1. The molecule has 4 fully saturated rings. The van der Waals surface area contributed by atoms with Crippen molar-refractivity contribution in [2.24, 2.45) is 29.6 Å². The second kappa shape index (κ2) is 10.3. The number of hydrogen-bond donors (Lipinski definition) is 3. The van der Waals surface area contributed by atoms with E-state index < -0.39 is 6.17 Å². The Balaban J connectivity index is 1.30. The summed E-state index contributed by atoms with van der Waals surface area (Å²) in [6, 6.07) is 0.846. The van der Waals surface area contributed by atoms with E-state index in [0.29, 0.717) is 61.0 Å². The molecule has 0 aromatic carbocycles. The van der Waals surface area contributed by atoms with Crippen LogP contribution >= 0.6 is 0 Å². The van der Waals surface area contributed by atoms with Crippen LogP contribution in [0.5, 0.6) is 0 Å². The third-order valence-corrected chi connectivity index (χ3v) is 9.02. The molecule has 182 valence electrons. The third kappa shape index (κ3) is 5.40. The fourth-order valence-electron chi connectivity index (χ4n) is 6.90. The smallest absolute Gasteiger partial charge is 0.315 e. The highest BCUT2D eigenvalue weighted by molar-refractivity contribution is 5.80. The highest BCUT2D eigenvalue weighted by Gasteiger charge is 2.47. The lowest BCUT2D eigenvalue weighted by Gasteiger charge is -2.50. The zero-order valence-corrected chi connectivity index (χ0v) is 20.1. The van der Waals surface area contributed by atoms with Crippen LogP contribution in [0.15, 0.2) is 0 Å². The SMILES string of the molecule is CC1CC2C(CN1)CC(C1CC(NC(=O)NCC3CCC(F)CC3)CCC1C)C(=O)N2C. The van der Waals surface area contributed by atoms with Gasteiger partial charge in [0.15, 0.2) is 0 Å². The molecule has 32 heavy (non-hydrogen) atoms. The molecular weight excluding hydrogens is 407 g/mol. The molecule has 2 aliphatic heterocycles. The van der Waals surface area contributed by atoms with Crippen LogP contribution in [0, 0.1) is 29.6 Å². The van der Waals surface area contributed by atoms with Crippen LogP contribution in [0.2, 0.25) is 0 Å². The lowest BCUT2D eigenvalue weighted by Crippen LogP contribution is -2.60. The van der Waals surface area contributed by atoms with Gasteiger partial charge in [-0.05, 0) is 88.4 Å². The Hall–Kier alpha value is -1.37. The van der Waals surface area contributed by atoms with Crippen molar-refractivity contribution in [2.75, 3.05) is 20.1 Å². The van der Waals surface area contributed by atoms with E-state index in [2.05, 4.69) is 29.8 Å². The number of urea groups is 1. The van der Waals surface area contributed by atoms with E-state index in [1.54, 1.807) is 0 Å². The van der Waals surface area contributed by atoms with E-state index in [9.17, 15) is 14.0 Å². The van der Waals surface area contributed by atoms with Crippen molar-refractivity contribution in [3.05, 3.63) is 0 Å². The van der Waals surface area contributed by atoms with E-state index in [1.807, 2.05) is 11.9 Å². The van der Waals surface area contributed by atoms with Crippen molar-refractivity contribution < 1.29 is 14.0 Å². The summed E-state index contributed by atoms with van der Waals surface area (Å²) in [7, 11) is 2.00. The number of rotatable bonds is 4. The van der Waals surface area contributed by atoms with Crippen molar-refractivity contribution in [3.63, 3.8) is 0 Å². The van der Waals surface area contributed by atoms with Gasteiger partial charge in [0.25, 0.3) is 0 Å². The molecular formula is C25H43FN4O2. The molecule has 4 rings (SSSR count). The van der Waals surface area contributed by atoms with Gasteiger partial charge in [-0.15, -0.1) is 0 Å². The molecule has 3 amide bonds. The first-order chi connectivity index (χ1) is 15.3. The number of nitrogens with one attached hydrogen (secondary N) is 3. The normalized spacial score (nSPS) is 42.8. The summed E-state index contributed by atoms with van der Waals surface area (Å²) in [4.78, 5) is 27.9. The first-order valence-corrected chi connectivity index (χ1v) is 13.0. The Morgan fingerprint density at radius 3 is 2.59 bits per heavy atom. The minimum atomic E-state index is -0.661. The molecule has 7 heteroatoms. The predicted molar refractivity (Wildman–Crippen MR) is 124 cm³/mol. The number of amides is 3. The van der Waals surface area contributed by atoms with Crippen molar-refractivity contribution in [2.45, 2.75) is 95.9 Å². The second-order valence-corrected chi connectivity index (χ2v) is 11.3. The molecule has 0 spiro atoms. The Morgan fingerprint density at radius 2 is 1.84 bits per heavy atom. The average Bonchev–Trinajstić information content (AvgIpc) is 2.78. The van der Waals surface area contributed by atoms with Gasteiger partial charge in [-0.25, -0.2) is 9.18 Å². The maximum Gasteiger partial charge on any atom is 0.315 e. The Morgan fingerprint density at radius 1 is 1.09 bits per heavy atom. The molecule has 3 N–H and O–H groups in total. The van der Waals surface area contributed by atoms with E-state index in [-0.39, 0.29) is 18.0 Å². The van der Waals surface area contributed by atoms with Gasteiger partial charge in [-0.2, -0.15) is 0 Å². The van der Waals surface area contributed by atoms with Gasteiger partial charge in [0.05, 0.1) is 0 Å². The van der Waals surface area contributed by atoms with Crippen LogP contribution in [0.4, 0.5) is 9.18 Å². The van der Waals surface area contributed by atoms with Crippen LogP contribution < -0.4 is 16.0 Å². The van der Waals surface area contributed by atoms with Gasteiger partial charge in [-0.1, -0.05) is 6.92 Å². The van der Waals surface area contributed by atoms with Crippen molar-refractivity contribution >= 4 is 11.9 Å². The summed E-state index contributed by atoms with van der Waals surface area (Å²) in [6.45, 7) is 6.11. The standard InChI is InChI=1S/C25H43FN4O2/c1-15-4-9-20(29-25(32)28-13-17-5-7-19(26)8-6-17)12-21(15)22-11-18-14-27-16(2)10-23(18)30(3)24(22)31/h15-23,27H,4-14H2,1-3H3,(H2,28,29,32). The Labute approximate surface area is 192 Å². The molecule has 0 aromatic heterocycles. The molecule has 2 saturated carbocycles. The molecule has 2 aliphatic carbocycles. The Kier molecular flexibility index (Phi) is 7.63. The lowest BCUT2D eigenvalue weighted by molar-refractivity contribution is -0.148. The molecule has 7 atom stereocenters. The number of carbonyl (C=O) groups is 2. The van der Waals surface area contributed by atoms with Crippen molar-refractivity contribution in [1.29, 1.82) is 0 Å². The van der Waals surface area contributed by atoms with Crippen molar-refractivity contribution in [3.8, 4) is 0 Å². The maximum atomic E-state index is 13.3. The number of alkyl halides is 1. The number of carbonyl (C=O) groups excluding carboxylic acids is 2. The van der Waals surface area contributed by atoms with Gasteiger partial charge >= 0.3 is 6.03 Å². The number of fused-ring (bicyclic) bond motifs is 1. The van der Waals surface area contributed by atoms with E-state index in [0.717, 1.165) is 51.5 Å². The minimum absolute atomic E-state index is 0.0648. The van der Waals surface area contributed by atoms with E-state index in [1.165, 1.54) is 0 Å². The molecule has 0 bridgehead atoms. The van der Waals surface area contributed by atoms with Crippen LogP contribution in [0.3, 0.4) is 0 Å². The van der Waals surface area contributed by atoms with E-state index in [4.69, 9.17) is 0 Å². The minimum Gasteiger partial charge on any atom is -0.342 e. The lowest BCUT2D eigenvalue weighted by atomic mass is 9.65. The predicted octanol–water partition coefficient (Wildman–Crippen LogP) is 3.46. The highest BCUT2D eigenvalue weighted by Crippen LogP contribution is 2.43. The Bertz CT molecular complexity index is 668. The van der Waals surface area contributed by atoms with Crippen molar-refractivity contribution in [1.82, 2.24) is 20.9 Å². The fraction of sp³-hybridized carbons (Fsp3) is 0.920. The quantitative estimate of drug-likeness (QED) is 0.614. The fourth-order valence-corrected chi connectivity index (χ4v) is 6.90. The maximum absolute atomic E-state index is 13.3. The molecule has 0 radical (unpaired) electrons. The van der Waals surface area contributed by atoms with Gasteiger partial charge in [0, 0.05) is 44.2 Å². The molecule has 6 nitrogen and oxygen atoms in total. The summed E-state index contributed by atoms with van der Waals surface area (Å²) in [5.74, 6) is 2.12. The van der Waals surface area contributed by atoms with Gasteiger partial charge in [-0.3, -0.25) is 4.79 Å². The summed E-state index contributed by atoms with van der Waals surface area (Å²) in [5.41, 5.74) is 0. The zero-order valence-electron chi connectivity index (χ0n) is 20.1. The average molecular weight is 451 g/mol. The molecule has 7 unspecified atom stereocenters. The first-order valence-electron chi connectivity index (χ1n) is 13.0. The first kappa shape index (κ1) is 23.8.